The summed E-state index contributed by atoms with van der Waals surface area (Å²) in [6.07, 6.45) is 2.74. The summed E-state index contributed by atoms with van der Waals surface area (Å²) in [6, 6.07) is 7.18. The van der Waals surface area contributed by atoms with Crippen LogP contribution in [0.4, 0.5) is 4.79 Å². The van der Waals surface area contributed by atoms with Crippen molar-refractivity contribution in [3.8, 4) is 17.6 Å². The van der Waals surface area contributed by atoms with Crippen LogP contribution in [0.2, 0.25) is 0 Å². The van der Waals surface area contributed by atoms with Crippen molar-refractivity contribution >= 4 is 6.09 Å². The molecule has 3 aliphatic rings. The number of cyclic esters (lactones) is 1. The zero-order valence-corrected chi connectivity index (χ0v) is 16.5. The number of aliphatic hydroxyl groups excluding tert-OH is 1. The van der Waals surface area contributed by atoms with Crippen LogP contribution in [0.15, 0.2) is 18.2 Å². The van der Waals surface area contributed by atoms with E-state index in [0.717, 1.165) is 38.9 Å². The van der Waals surface area contributed by atoms with Gasteiger partial charge in [-0.25, -0.2) is 4.79 Å². The number of hydrogen-bond acceptors (Lipinski definition) is 7. The zero-order chi connectivity index (χ0) is 20.2. The van der Waals surface area contributed by atoms with Gasteiger partial charge in [0.25, 0.3) is 0 Å². The predicted molar refractivity (Wildman–Crippen MR) is 104 cm³/mol. The van der Waals surface area contributed by atoms with E-state index in [1.54, 1.807) is 23.1 Å². The van der Waals surface area contributed by atoms with E-state index in [4.69, 9.17) is 19.5 Å². The highest BCUT2D eigenvalue weighted by Crippen LogP contribution is 2.33. The van der Waals surface area contributed by atoms with Gasteiger partial charge in [0.1, 0.15) is 19.3 Å². The van der Waals surface area contributed by atoms with E-state index >= 15 is 0 Å². The third-order valence-corrected chi connectivity index (χ3v) is 6.02. The van der Waals surface area contributed by atoms with Gasteiger partial charge in [-0.15, -0.1) is 0 Å². The molecule has 29 heavy (non-hydrogen) atoms. The average Bonchev–Trinajstić information content (AvgIpc) is 3.12. The van der Waals surface area contributed by atoms with Gasteiger partial charge < -0.3 is 19.3 Å². The summed E-state index contributed by atoms with van der Waals surface area (Å²) >= 11 is 0. The highest BCUT2D eigenvalue weighted by atomic mass is 16.6. The number of piperidine rings is 1. The first kappa shape index (κ1) is 19.8. The molecule has 8 nitrogen and oxygen atoms in total. The Balaban J connectivity index is 1.21. The van der Waals surface area contributed by atoms with E-state index in [9.17, 15) is 9.90 Å². The molecule has 2 saturated heterocycles. The van der Waals surface area contributed by atoms with Crippen molar-refractivity contribution in [3.05, 3.63) is 23.8 Å². The van der Waals surface area contributed by atoms with Crippen molar-refractivity contribution in [3.63, 3.8) is 0 Å². The highest BCUT2D eigenvalue weighted by Gasteiger charge is 2.33. The summed E-state index contributed by atoms with van der Waals surface area (Å²) in [5.41, 5.74) is 0.569. The van der Waals surface area contributed by atoms with Crippen LogP contribution in [-0.4, -0.2) is 79.1 Å². The molecule has 0 spiro atoms. The zero-order valence-electron chi connectivity index (χ0n) is 16.5. The van der Waals surface area contributed by atoms with Crippen LogP contribution in [0, 0.1) is 17.2 Å². The van der Waals surface area contributed by atoms with Gasteiger partial charge in [-0.1, -0.05) is 0 Å². The molecular weight excluding hydrogens is 374 g/mol. The number of amides is 1. The normalized spacial score (nSPS) is 25.0. The predicted octanol–water partition coefficient (Wildman–Crippen LogP) is 1.61. The first-order valence-corrected chi connectivity index (χ1v) is 10.3. The molecular formula is C21H27N3O5. The first-order chi connectivity index (χ1) is 14.2. The van der Waals surface area contributed by atoms with Gasteiger partial charge in [0, 0.05) is 19.2 Å². The second-order valence-corrected chi connectivity index (χ2v) is 7.96. The maximum atomic E-state index is 11.8. The minimum Gasteiger partial charge on any atom is -0.486 e. The lowest BCUT2D eigenvalue weighted by Gasteiger charge is -2.36. The Kier molecular flexibility index (Phi) is 6.07. The number of fused-ring (bicyclic) bond motifs is 1. The van der Waals surface area contributed by atoms with Gasteiger partial charge in [-0.05, 0) is 50.4 Å². The molecule has 1 aromatic rings. The molecule has 3 heterocycles. The second-order valence-electron chi connectivity index (χ2n) is 7.96. The number of ether oxygens (including phenoxy) is 3. The van der Waals surface area contributed by atoms with Crippen molar-refractivity contribution in [2.24, 2.45) is 5.92 Å². The van der Waals surface area contributed by atoms with E-state index in [0.29, 0.717) is 36.1 Å². The number of nitriles is 1. The fraction of sp³-hybridized carbons (Fsp3) is 0.619. The number of carbonyl (C=O) groups excluding carboxylic acids is 1. The van der Waals surface area contributed by atoms with Gasteiger partial charge in [0.05, 0.1) is 24.3 Å². The van der Waals surface area contributed by atoms with Gasteiger partial charge >= 0.3 is 6.09 Å². The average molecular weight is 401 g/mol. The smallest absolute Gasteiger partial charge is 0.410 e. The van der Waals surface area contributed by atoms with Crippen LogP contribution in [-0.2, 0) is 4.74 Å². The van der Waals surface area contributed by atoms with Crippen LogP contribution >= 0.6 is 0 Å². The molecule has 2 atom stereocenters. The van der Waals surface area contributed by atoms with Crippen LogP contribution < -0.4 is 9.47 Å². The number of likely N-dealkylation sites (tertiary alicyclic amines) is 1. The molecule has 8 heteroatoms. The summed E-state index contributed by atoms with van der Waals surface area (Å²) in [5.74, 6) is 1.91. The Morgan fingerprint density at radius 3 is 2.76 bits per heavy atom. The van der Waals surface area contributed by atoms with Crippen molar-refractivity contribution in [2.75, 3.05) is 46.0 Å². The quantitative estimate of drug-likeness (QED) is 0.774. The van der Waals surface area contributed by atoms with Crippen LogP contribution in [0.3, 0.4) is 0 Å². The molecule has 0 bridgehead atoms. The number of benzene rings is 1. The lowest BCUT2D eigenvalue weighted by molar-refractivity contribution is 0.0464. The highest BCUT2D eigenvalue weighted by molar-refractivity contribution is 5.70. The summed E-state index contributed by atoms with van der Waals surface area (Å²) in [6.45, 7) is 4.18. The molecule has 0 aliphatic carbocycles. The van der Waals surface area contributed by atoms with Crippen LogP contribution in [0.5, 0.6) is 11.5 Å². The van der Waals surface area contributed by atoms with Crippen molar-refractivity contribution in [2.45, 2.75) is 31.4 Å². The van der Waals surface area contributed by atoms with E-state index in [1.807, 2.05) is 0 Å². The second kappa shape index (κ2) is 8.89. The maximum absolute atomic E-state index is 11.8. The lowest BCUT2D eigenvalue weighted by atomic mass is 9.93. The molecule has 2 fully saturated rings. The molecule has 0 radical (unpaired) electrons. The van der Waals surface area contributed by atoms with E-state index in [2.05, 4.69) is 11.0 Å². The minimum atomic E-state index is -0.309. The van der Waals surface area contributed by atoms with Gasteiger partial charge in [0.2, 0.25) is 0 Å². The largest absolute Gasteiger partial charge is 0.486 e. The Morgan fingerprint density at radius 2 is 2.00 bits per heavy atom. The fourth-order valence-corrected chi connectivity index (χ4v) is 4.26. The van der Waals surface area contributed by atoms with E-state index in [-0.39, 0.29) is 31.5 Å². The SMILES string of the molecule is N#Cc1ccc2c(c1)O[C@H](CN1CCC(CCN3C(=O)OC[C@@H]3CO)CC1)CO2. The Bertz CT molecular complexity index is 772. The molecule has 0 unspecified atom stereocenters. The third-order valence-electron chi connectivity index (χ3n) is 6.02. The Hall–Kier alpha value is -2.50. The van der Waals surface area contributed by atoms with E-state index < -0.39 is 0 Å². The van der Waals surface area contributed by atoms with E-state index in [1.165, 1.54) is 0 Å². The van der Waals surface area contributed by atoms with Gasteiger partial charge in [0.15, 0.2) is 11.5 Å². The molecule has 4 rings (SSSR count). The monoisotopic (exact) mass is 401 g/mol. The maximum Gasteiger partial charge on any atom is 0.410 e. The number of rotatable bonds is 6. The molecule has 0 saturated carbocycles. The minimum absolute atomic E-state index is 0.0438. The Morgan fingerprint density at radius 1 is 1.17 bits per heavy atom. The van der Waals surface area contributed by atoms with Crippen LogP contribution in [0.1, 0.15) is 24.8 Å². The molecule has 156 valence electrons. The van der Waals surface area contributed by atoms with Gasteiger partial charge in [-0.3, -0.25) is 9.80 Å². The van der Waals surface area contributed by atoms with Crippen molar-refractivity contribution in [1.82, 2.24) is 9.80 Å². The standard InChI is InChI=1S/C21H27N3O5/c22-10-16-1-2-19-20(9-16)29-18(14-27-19)11-23-6-3-15(4-7-23)5-8-24-17(12-25)13-28-21(24)26/h1-2,9,15,17-18,25H,3-8,11-14H2/t17-,18+/m0/s1. The van der Waals surface area contributed by atoms with Crippen LogP contribution in [0.25, 0.3) is 0 Å². The number of hydrogen-bond donors (Lipinski definition) is 1. The molecule has 1 N–H and O–H groups in total. The Labute approximate surface area is 170 Å². The topological polar surface area (TPSA) is 95.3 Å². The molecule has 1 amide bonds. The molecule has 0 aromatic heterocycles. The fourth-order valence-electron chi connectivity index (χ4n) is 4.26. The number of nitrogens with zero attached hydrogens (tertiary/aromatic N) is 3. The molecule has 1 aromatic carbocycles. The summed E-state index contributed by atoms with van der Waals surface area (Å²) < 4.78 is 16.9. The van der Waals surface area contributed by atoms with Gasteiger partial charge in [-0.2, -0.15) is 5.26 Å². The summed E-state index contributed by atoms with van der Waals surface area (Å²) in [5, 5.41) is 18.4. The molecule has 3 aliphatic heterocycles. The summed E-state index contributed by atoms with van der Waals surface area (Å²) in [7, 11) is 0. The number of aliphatic hydroxyl groups is 1. The first-order valence-electron chi connectivity index (χ1n) is 10.3. The lowest BCUT2D eigenvalue weighted by Crippen LogP contribution is -2.44. The van der Waals surface area contributed by atoms with Crippen molar-refractivity contribution in [1.29, 1.82) is 5.26 Å². The third kappa shape index (κ3) is 4.57. The summed E-state index contributed by atoms with van der Waals surface area (Å²) in [4.78, 5) is 15.8. The van der Waals surface area contributed by atoms with Crippen molar-refractivity contribution < 1.29 is 24.1 Å². The number of carbonyl (C=O) groups is 1.